The fourth-order valence-electron chi connectivity index (χ4n) is 1.17. The highest BCUT2D eigenvalue weighted by molar-refractivity contribution is 5.70. The van der Waals surface area contributed by atoms with E-state index in [1.807, 2.05) is 26.0 Å². The molecule has 0 radical (unpaired) electrons. The number of carbonyl (C=O) groups excluding carboxylic acids is 1. The molecule has 0 fully saturated rings. The Morgan fingerprint density at radius 1 is 1.33 bits per heavy atom. The number of carbonyl (C=O) groups is 1. The van der Waals surface area contributed by atoms with Crippen molar-refractivity contribution in [3.8, 4) is 5.75 Å². The fourth-order valence-corrected chi connectivity index (χ4v) is 1.17. The molecule has 0 saturated heterocycles. The molecule has 15 heavy (non-hydrogen) atoms. The summed E-state index contributed by atoms with van der Waals surface area (Å²) in [7, 11) is 0. The van der Waals surface area contributed by atoms with Gasteiger partial charge in [0.15, 0.2) is 0 Å². The van der Waals surface area contributed by atoms with E-state index in [-0.39, 0.29) is 6.04 Å². The quantitative estimate of drug-likeness (QED) is 0.827. The van der Waals surface area contributed by atoms with Crippen LogP contribution in [0.25, 0.3) is 0 Å². The lowest BCUT2D eigenvalue weighted by Crippen LogP contribution is -2.32. The highest BCUT2D eigenvalue weighted by Crippen LogP contribution is 2.12. The maximum absolute atomic E-state index is 11.2. The maximum atomic E-state index is 11.2. The third-order valence-electron chi connectivity index (χ3n) is 1.95. The Labute approximate surface area is 90.4 Å². The molecule has 0 aliphatic heterocycles. The zero-order valence-electron chi connectivity index (χ0n) is 9.41. The topological polar surface area (TPSA) is 38.3 Å². The molecule has 1 aromatic rings. The van der Waals surface area contributed by atoms with Gasteiger partial charge in [0, 0.05) is 6.04 Å². The van der Waals surface area contributed by atoms with E-state index in [9.17, 15) is 4.79 Å². The summed E-state index contributed by atoms with van der Waals surface area (Å²) >= 11 is 0. The molecule has 0 atom stereocenters. The van der Waals surface area contributed by atoms with Crippen LogP contribution >= 0.6 is 0 Å². The monoisotopic (exact) mass is 207 g/mol. The summed E-state index contributed by atoms with van der Waals surface area (Å²) < 4.78 is 5.07. The van der Waals surface area contributed by atoms with E-state index in [0.29, 0.717) is 5.75 Å². The number of amides is 1. The molecular weight excluding hydrogens is 190 g/mol. The minimum Gasteiger partial charge on any atom is -0.410 e. The van der Waals surface area contributed by atoms with E-state index in [0.717, 1.165) is 6.42 Å². The molecule has 0 unspecified atom stereocenters. The Morgan fingerprint density at radius 2 is 1.93 bits per heavy atom. The third-order valence-corrected chi connectivity index (χ3v) is 1.95. The van der Waals surface area contributed by atoms with Crippen LogP contribution in [0.3, 0.4) is 0 Å². The predicted molar refractivity (Wildman–Crippen MR) is 60.1 cm³/mol. The van der Waals surface area contributed by atoms with Crippen molar-refractivity contribution in [3.63, 3.8) is 0 Å². The van der Waals surface area contributed by atoms with Crippen molar-refractivity contribution in [2.24, 2.45) is 0 Å². The Balaban J connectivity index is 2.53. The maximum Gasteiger partial charge on any atom is 0.412 e. The molecule has 0 saturated carbocycles. The van der Waals surface area contributed by atoms with E-state index in [1.54, 1.807) is 12.1 Å². The van der Waals surface area contributed by atoms with Crippen molar-refractivity contribution < 1.29 is 9.53 Å². The molecule has 1 amide bonds. The summed E-state index contributed by atoms with van der Waals surface area (Å²) in [5.74, 6) is 0.574. The molecule has 3 nitrogen and oxygen atoms in total. The molecule has 0 spiro atoms. The summed E-state index contributed by atoms with van der Waals surface area (Å²) in [5, 5.41) is 2.66. The summed E-state index contributed by atoms with van der Waals surface area (Å²) in [6.45, 7) is 5.87. The highest BCUT2D eigenvalue weighted by atomic mass is 16.6. The smallest absolute Gasteiger partial charge is 0.410 e. The van der Waals surface area contributed by atoms with Crippen LogP contribution in [0.5, 0.6) is 5.75 Å². The second kappa shape index (κ2) is 5.39. The Kier molecular flexibility index (Phi) is 4.16. The first-order chi connectivity index (χ1) is 7.11. The van der Waals surface area contributed by atoms with Crippen LogP contribution < -0.4 is 10.1 Å². The van der Waals surface area contributed by atoms with Gasteiger partial charge in [-0.05, 0) is 38.0 Å². The van der Waals surface area contributed by atoms with Gasteiger partial charge in [-0.15, -0.1) is 0 Å². The van der Waals surface area contributed by atoms with Crippen molar-refractivity contribution in [2.45, 2.75) is 33.2 Å². The molecule has 1 rings (SSSR count). The van der Waals surface area contributed by atoms with Gasteiger partial charge in [-0.25, -0.2) is 4.79 Å². The fraction of sp³-hybridized carbons (Fsp3) is 0.417. The molecule has 0 aliphatic carbocycles. The minimum absolute atomic E-state index is 0.0902. The Bertz CT molecular complexity index is 317. The number of benzene rings is 1. The lowest BCUT2D eigenvalue weighted by molar-refractivity contribution is 0.197. The number of ether oxygens (including phenoxy) is 1. The van der Waals surface area contributed by atoms with Gasteiger partial charge in [-0.2, -0.15) is 0 Å². The lowest BCUT2D eigenvalue weighted by Gasteiger charge is -2.09. The SMILES string of the molecule is CCc1ccc(OC(=O)NC(C)C)cc1. The van der Waals surface area contributed by atoms with Crippen LogP contribution in [-0.4, -0.2) is 12.1 Å². The zero-order chi connectivity index (χ0) is 11.3. The molecule has 1 N–H and O–H groups in total. The van der Waals surface area contributed by atoms with Crippen molar-refractivity contribution in [1.29, 1.82) is 0 Å². The van der Waals surface area contributed by atoms with Crippen molar-refractivity contribution in [2.75, 3.05) is 0 Å². The summed E-state index contributed by atoms with van der Waals surface area (Å²) in [6, 6.07) is 7.61. The average molecular weight is 207 g/mol. The van der Waals surface area contributed by atoms with Crippen LogP contribution in [-0.2, 0) is 6.42 Å². The van der Waals surface area contributed by atoms with Crippen molar-refractivity contribution in [3.05, 3.63) is 29.8 Å². The van der Waals surface area contributed by atoms with Gasteiger partial charge >= 0.3 is 6.09 Å². The van der Waals surface area contributed by atoms with Gasteiger partial charge < -0.3 is 10.1 Å². The number of hydrogen-bond acceptors (Lipinski definition) is 2. The highest BCUT2D eigenvalue weighted by Gasteiger charge is 2.04. The van der Waals surface area contributed by atoms with Gasteiger partial charge in [0.25, 0.3) is 0 Å². The second-order valence-electron chi connectivity index (χ2n) is 3.69. The van der Waals surface area contributed by atoms with Gasteiger partial charge in [0.1, 0.15) is 5.75 Å². The van der Waals surface area contributed by atoms with Crippen molar-refractivity contribution >= 4 is 6.09 Å². The zero-order valence-corrected chi connectivity index (χ0v) is 9.41. The summed E-state index contributed by atoms with van der Waals surface area (Å²) in [4.78, 5) is 11.2. The van der Waals surface area contributed by atoms with E-state index >= 15 is 0 Å². The number of hydrogen-bond donors (Lipinski definition) is 1. The van der Waals surface area contributed by atoms with E-state index in [4.69, 9.17) is 4.74 Å². The van der Waals surface area contributed by atoms with Crippen LogP contribution in [0.1, 0.15) is 26.3 Å². The second-order valence-corrected chi connectivity index (χ2v) is 3.69. The normalized spacial score (nSPS) is 10.1. The van der Waals surface area contributed by atoms with Crippen LogP contribution in [0.15, 0.2) is 24.3 Å². The minimum atomic E-state index is -0.408. The number of rotatable bonds is 3. The van der Waals surface area contributed by atoms with Crippen LogP contribution in [0, 0.1) is 0 Å². The van der Waals surface area contributed by atoms with Gasteiger partial charge in [0.2, 0.25) is 0 Å². The van der Waals surface area contributed by atoms with Gasteiger partial charge in [0.05, 0.1) is 0 Å². The summed E-state index contributed by atoms with van der Waals surface area (Å²) in [5.41, 5.74) is 1.23. The first kappa shape index (κ1) is 11.6. The van der Waals surface area contributed by atoms with Gasteiger partial charge in [-0.3, -0.25) is 0 Å². The molecule has 82 valence electrons. The first-order valence-electron chi connectivity index (χ1n) is 5.19. The Hall–Kier alpha value is -1.51. The predicted octanol–water partition coefficient (Wildman–Crippen LogP) is 2.75. The third kappa shape index (κ3) is 4.02. The Morgan fingerprint density at radius 3 is 2.40 bits per heavy atom. The first-order valence-corrected chi connectivity index (χ1v) is 5.19. The lowest BCUT2D eigenvalue weighted by atomic mass is 10.2. The average Bonchev–Trinajstić information content (AvgIpc) is 2.17. The van der Waals surface area contributed by atoms with E-state index in [2.05, 4.69) is 12.2 Å². The molecular formula is C12H17NO2. The number of nitrogens with one attached hydrogen (secondary N) is 1. The molecule has 1 aromatic carbocycles. The molecule has 3 heteroatoms. The standard InChI is InChI=1S/C12H17NO2/c1-4-10-5-7-11(8-6-10)15-12(14)13-9(2)3/h5-9H,4H2,1-3H3,(H,13,14). The van der Waals surface area contributed by atoms with Gasteiger partial charge in [-0.1, -0.05) is 19.1 Å². The summed E-state index contributed by atoms with van der Waals surface area (Å²) in [6.07, 6.45) is 0.576. The van der Waals surface area contributed by atoms with Crippen LogP contribution in [0.4, 0.5) is 4.79 Å². The van der Waals surface area contributed by atoms with Crippen LogP contribution in [0.2, 0.25) is 0 Å². The molecule has 0 aromatic heterocycles. The van der Waals surface area contributed by atoms with Crippen molar-refractivity contribution in [1.82, 2.24) is 5.32 Å². The number of aryl methyl sites for hydroxylation is 1. The van der Waals surface area contributed by atoms with E-state index < -0.39 is 6.09 Å². The molecule has 0 heterocycles. The van der Waals surface area contributed by atoms with E-state index in [1.165, 1.54) is 5.56 Å². The largest absolute Gasteiger partial charge is 0.412 e. The molecule has 0 bridgehead atoms. The molecule has 0 aliphatic rings.